The Bertz CT molecular complexity index is 1130. The van der Waals surface area contributed by atoms with E-state index in [1.807, 2.05) is 41.3 Å². The summed E-state index contributed by atoms with van der Waals surface area (Å²) in [4.78, 5) is 35.9. The van der Waals surface area contributed by atoms with Gasteiger partial charge in [-0.05, 0) is 62.1 Å². The summed E-state index contributed by atoms with van der Waals surface area (Å²) in [6.07, 6.45) is 3.73. The molecule has 1 N–H and O–H groups in total. The van der Waals surface area contributed by atoms with Crippen molar-refractivity contribution < 1.29 is 14.3 Å². The molecule has 0 unspecified atom stereocenters. The number of benzene rings is 1. The molecule has 0 saturated heterocycles. The molecule has 2 saturated carbocycles. The number of fused-ring (bicyclic) bond motifs is 1. The van der Waals surface area contributed by atoms with Crippen molar-refractivity contribution in [3.63, 3.8) is 0 Å². The molecule has 1 aromatic carbocycles. The number of esters is 1. The van der Waals surface area contributed by atoms with Crippen LogP contribution in [0.15, 0.2) is 36.4 Å². The Morgan fingerprint density at radius 3 is 2.52 bits per heavy atom. The third kappa shape index (κ3) is 4.80. The lowest BCUT2D eigenvalue weighted by molar-refractivity contribution is -0.144. The molecule has 9 heteroatoms. The van der Waals surface area contributed by atoms with Gasteiger partial charge in [0, 0.05) is 16.6 Å². The predicted octanol–water partition coefficient (Wildman–Crippen LogP) is 4.78. The predicted molar refractivity (Wildman–Crippen MR) is 121 cm³/mol. The highest BCUT2D eigenvalue weighted by Gasteiger charge is 2.31. The van der Waals surface area contributed by atoms with Gasteiger partial charge in [0.05, 0.1) is 12.5 Å². The lowest BCUT2D eigenvalue weighted by Crippen LogP contribution is -2.24. The summed E-state index contributed by atoms with van der Waals surface area (Å²) in [5.41, 5.74) is 1.63. The van der Waals surface area contributed by atoms with Gasteiger partial charge in [0.1, 0.15) is 22.8 Å². The van der Waals surface area contributed by atoms with Crippen LogP contribution in [0.5, 0.6) is 0 Å². The van der Waals surface area contributed by atoms with Crippen LogP contribution in [0.2, 0.25) is 5.02 Å². The number of anilines is 3. The topological polar surface area (TPSA) is 84.4 Å². The second kappa shape index (κ2) is 8.43. The second-order valence-corrected chi connectivity index (χ2v) is 9.26. The van der Waals surface area contributed by atoms with E-state index < -0.39 is 0 Å². The number of thiazole rings is 1. The number of carbonyl (C=O) groups excluding carboxylic acids is 2. The van der Waals surface area contributed by atoms with Crippen LogP contribution in [0.1, 0.15) is 25.7 Å². The van der Waals surface area contributed by atoms with Crippen LogP contribution in [0, 0.1) is 11.8 Å². The summed E-state index contributed by atoms with van der Waals surface area (Å²) in [5.74, 6) is 0.799. The SMILES string of the molecule is O=C(Nc1nc2ccc(N(CCOC(=O)C3CC3)c3ccc(Cl)cc3)nc2s1)C1CC1. The number of nitrogens with one attached hydrogen (secondary N) is 1. The zero-order valence-electron chi connectivity index (χ0n) is 16.7. The minimum Gasteiger partial charge on any atom is -0.464 e. The number of hydrogen-bond acceptors (Lipinski definition) is 7. The molecule has 0 aliphatic heterocycles. The van der Waals surface area contributed by atoms with Crippen LogP contribution in [0.3, 0.4) is 0 Å². The van der Waals surface area contributed by atoms with E-state index >= 15 is 0 Å². The van der Waals surface area contributed by atoms with Crippen molar-refractivity contribution in [2.75, 3.05) is 23.4 Å². The van der Waals surface area contributed by atoms with Crippen molar-refractivity contribution in [2.24, 2.45) is 11.8 Å². The first-order chi connectivity index (χ1) is 15.1. The smallest absolute Gasteiger partial charge is 0.308 e. The van der Waals surface area contributed by atoms with Crippen LogP contribution >= 0.6 is 22.9 Å². The molecule has 31 heavy (non-hydrogen) atoms. The maximum atomic E-state index is 12.0. The largest absolute Gasteiger partial charge is 0.464 e. The fraction of sp³-hybridized carbons (Fsp3) is 0.364. The monoisotopic (exact) mass is 456 g/mol. The van der Waals surface area contributed by atoms with Gasteiger partial charge in [-0.15, -0.1) is 0 Å². The Labute approximate surface area is 188 Å². The molecule has 0 radical (unpaired) electrons. The first-order valence-electron chi connectivity index (χ1n) is 10.3. The van der Waals surface area contributed by atoms with E-state index in [0.717, 1.165) is 41.7 Å². The quantitative estimate of drug-likeness (QED) is 0.491. The van der Waals surface area contributed by atoms with Crippen molar-refractivity contribution in [2.45, 2.75) is 25.7 Å². The summed E-state index contributed by atoms with van der Waals surface area (Å²) in [6, 6.07) is 11.2. The normalized spacial score (nSPS) is 15.6. The van der Waals surface area contributed by atoms with Gasteiger partial charge in [-0.2, -0.15) is 0 Å². The third-order valence-electron chi connectivity index (χ3n) is 5.30. The summed E-state index contributed by atoms with van der Waals surface area (Å²) >= 11 is 7.41. The van der Waals surface area contributed by atoms with E-state index in [-0.39, 0.29) is 30.3 Å². The third-order valence-corrected chi connectivity index (χ3v) is 6.44. The number of hydrogen-bond donors (Lipinski definition) is 1. The van der Waals surface area contributed by atoms with Gasteiger partial charge in [-0.1, -0.05) is 22.9 Å². The Morgan fingerprint density at radius 2 is 1.81 bits per heavy atom. The zero-order valence-corrected chi connectivity index (χ0v) is 18.3. The molecule has 0 bridgehead atoms. The van der Waals surface area contributed by atoms with Crippen LogP contribution < -0.4 is 10.2 Å². The van der Waals surface area contributed by atoms with E-state index in [2.05, 4.69) is 10.3 Å². The molecular weight excluding hydrogens is 436 g/mol. The number of carbonyl (C=O) groups is 2. The summed E-state index contributed by atoms with van der Waals surface area (Å²) in [6.45, 7) is 0.728. The number of ether oxygens (including phenoxy) is 1. The van der Waals surface area contributed by atoms with Gasteiger partial charge in [0.15, 0.2) is 5.13 Å². The van der Waals surface area contributed by atoms with Crippen LogP contribution in [0.4, 0.5) is 16.6 Å². The molecule has 7 nitrogen and oxygen atoms in total. The van der Waals surface area contributed by atoms with Crippen molar-refractivity contribution in [1.82, 2.24) is 9.97 Å². The fourth-order valence-corrected chi connectivity index (χ4v) is 4.20. The van der Waals surface area contributed by atoms with E-state index in [4.69, 9.17) is 21.3 Å². The molecule has 160 valence electrons. The Kier molecular flexibility index (Phi) is 5.50. The Morgan fingerprint density at radius 1 is 1.06 bits per heavy atom. The summed E-state index contributed by atoms with van der Waals surface area (Å²) in [5, 5.41) is 4.09. The van der Waals surface area contributed by atoms with E-state index in [1.165, 1.54) is 11.3 Å². The molecular formula is C22H21ClN4O3S. The highest BCUT2D eigenvalue weighted by molar-refractivity contribution is 7.22. The van der Waals surface area contributed by atoms with Crippen molar-refractivity contribution in [3.05, 3.63) is 41.4 Å². The Balaban J connectivity index is 1.37. The van der Waals surface area contributed by atoms with Crippen LogP contribution in [0.25, 0.3) is 10.3 Å². The first-order valence-corrected chi connectivity index (χ1v) is 11.5. The first kappa shape index (κ1) is 20.2. The van der Waals surface area contributed by atoms with Crippen LogP contribution in [-0.4, -0.2) is 35.0 Å². The maximum Gasteiger partial charge on any atom is 0.308 e. The zero-order chi connectivity index (χ0) is 21.4. The van der Waals surface area contributed by atoms with E-state index in [0.29, 0.717) is 22.5 Å². The van der Waals surface area contributed by atoms with Gasteiger partial charge < -0.3 is 15.0 Å². The van der Waals surface area contributed by atoms with Gasteiger partial charge in [0.25, 0.3) is 0 Å². The van der Waals surface area contributed by atoms with Gasteiger partial charge in [-0.25, -0.2) is 9.97 Å². The van der Waals surface area contributed by atoms with Crippen molar-refractivity contribution in [1.29, 1.82) is 0 Å². The Hall–Kier alpha value is -2.71. The van der Waals surface area contributed by atoms with Gasteiger partial charge in [-0.3, -0.25) is 9.59 Å². The minimum absolute atomic E-state index is 0.0274. The number of amides is 1. The molecule has 0 spiro atoms. The average molecular weight is 457 g/mol. The maximum absolute atomic E-state index is 12.0. The summed E-state index contributed by atoms with van der Waals surface area (Å²) < 4.78 is 5.44. The molecule has 2 heterocycles. The van der Waals surface area contributed by atoms with E-state index in [1.54, 1.807) is 0 Å². The van der Waals surface area contributed by atoms with Crippen molar-refractivity contribution >= 4 is 61.8 Å². The number of halogens is 1. The number of nitrogens with zero attached hydrogens (tertiary/aromatic N) is 3. The lowest BCUT2D eigenvalue weighted by atomic mass is 10.2. The van der Waals surface area contributed by atoms with Gasteiger partial charge >= 0.3 is 5.97 Å². The standard InChI is InChI=1S/C22H21ClN4O3S/c23-15-5-7-16(8-6-15)27(11-12-30-21(29)14-3-4-14)18-10-9-17-20(25-18)31-22(24-17)26-19(28)13-1-2-13/h5-10,13-14H,1-4,11-12H2,(H,24,26,28). The van der Waals surface area contributed by atoms with Crippen molar-refractivity contribution in [3.8, 4) is 0 Å². The van der Waals surface area contributed by atoms with Gasteiger partial charge in [0.2, 0.25) is 5.91 Å². The lowest BCUT2D eigenvalue weighted by Gasteiger charge is -2.23. The molecule has 3 aromatic rings. The minimum atomic E-state index is -0.127. The molecule has 1 amide bonds. The molecule has 0 atom stereocenters. The second-order valence-electron chi connectivity index (χ2n) is 7.85. The number of aromatic nitrogens is 2. The number of pyridine rings is 1. The molecule has 2 fully saturated rings. The molecule has 2 aliphatic rings. The molecule has 2 aliphatic carbocycles. The molecule has 5 rings (SSSR count). The van der Waals surface area contributed by atoms with E-state index in [9.17, 15) is 9.59 Å². The number of rotatable bonds is 8. The molecule has 2 aromatic heterocycles. The highest BCUT2D eigenvalue weighted by atomic mass is 35.5. The fourth-order valence-electron chi connectivity index (χ4n) is 3.24. The highest BCUT2D eigenvalue weighted by Crippen LogP contribution is 2.34. The summed E-state index contributed by atoms with van der Waals surface area (Å²) in [7, 11) is 0. The average Bonchev–Trinajstić information content (AvgIpc) is 3.67. The van der Waals surface area contributed by atoms with Crippen LogP contribution in [-0.2, 0) is 14.3 Å².